The van der Waals surface area contributed by atoms with E-state index in [1.807, 2.05) is 0 Å². The van der Waals surface area contributed by atoms with Crippen LogP contribution in [-0.2, 0) is 16.6 Å². The number of alkyl halides is 3. The van der Waals surface area contributed by atoms with Crippen LogP contribution in [0.4, 0.5) is 13.2 Å². The van der Waals surface area contributed by atoms with E-state index >= 15 is 0 Å². The van der Waals surface area contributed by atoms with Crippen molar-refractivity contribution in [2.75, 3.05) is 0 Å². The number of rotatable bonds is 3. The van der Waals surface area contributed by atoms with Gasteiger partial charge in [-0.15, -0.1) is 0 Å². The molecule has 3 N–H and O–H groups in total. The average Bonchev–Trinajstić information content (AvgIpc) is 2.14. The summed E-state index contributed by atoms with van der Waals surface area (Å²) in [6, 6.07) is 4.19. The maximum Gasteiger partial charge on any atom is 0.416 e. The van der Waals surface area contributed by atoms with Crippen LogP contribution in [-0.4, -0.2) is 11.0 Å². The van der Waals surface area contributed by atoms with E-state index in [0.29, 0.717) is 0 Å². The zero-order valence-electron chi connectivity index (χ0n) is 9.08. The second-order valence-electron chi connectivity index (χ2n) is 4.00. The molecule has 1 unspecified atom stereocenters. The summed E-state index contributed by atoms with van der Waals surface area (Å²) < 4.78 is 37.3. The molecule has 94 valence electrons. The van der Waals surface area contributed by atoms with Gasteiger partial charge in [0, 0.05) is 0 Å². The molecule has 1 aromatic rings. The third-order valence-corrected chi connectivity index (χ3v) is 2.33. The molecule has 17 heavy (non-hydrogen) atoms. The number of benzene rings is 1. The maximum atomic E-state index is 12.4. The Balaban J connectivity index is 3.11. The van der Waals surface area contributed by atoms with Crippen LogP contribution in [0.2, 0.25) is 0 Å². The van der Waals surface area contributed by atoms with Crippen LogP contribution in [0.5, 0.6) is 0 Å². The number of carbonyl (C=O) groups is 1. The Morgan fingerprint density at radius 2 is 1.88 bits per heavy atom. The van der Waals surface area contributed by atoms with E-state index < -0.39 is 29.7 Å². The highest BCUT2D eigenvalue weighted by atomic mass is 19.4. The van der Waals surface area contributed by atoms with Gasteiger partial charge in [0.05, 0.1) is 17.6 Å². The molecule has 3 nitrogen and oxygen atoms in total. The van der Waals surface area contributed by atoms with Crippen LogP contribution in [0.15, 0.2) is 24.3 Å². The van der Waals surface area contributed by atoms with Crippen LogP contribution >= 0.6 is 0 Å². The average molecular weight is 247 g/mol. The van der Waals surface area contributed by atoms with Gasteiger partial charge >= 0.3 is 6.18 Å². The number of halogens is 3. The molecule has 1 atom stereocenters. The summed E-state index contributed by atoms with van der Waals surface area (Å²) in [6.45, 7) is 1.24. The second-order valence-corrected chi connectivity index (χ2v) is 4.00. The molecule has 1 aromatic carbocycles. The monoisotopic (exact) mass is 247 g/mol. The van der Waals surface area contributed by atoms with Crippen molar-refractivity contribution in [1.82, 2.24) is 0 Å². The van der Waals surface area contributed by atoms with Crippen LogP contribution in [0.3, 0.4) is 0 Å². The fourth-order valence-corrected chi connectivity index (χ4v) is 1.47. The summed E-state index contributed by atoms with van der Waals surface area (Å²) in [4.78, 5) is 10.7. The summed E-state index contributed by atoms with van der Waals surface area (Å²) >= 11 is 0. The molecule has 0 bridgehead atoms. The SMILES string of the molecule is CC(O)(CC(N)=O)c1cccc(C(F)(F)F)c1. The number of primary amides is 1. The smallest absolute Gasteiger partial charge is 0.385 e. The molecular formula is C11H12F3NO2. The zero-order valence-corrected chi connectivity index (χ0v) is 9.08. The predicted octanol–water partition coefficient (Wildman–Crippen LogP) is 1.79. The van der Waals surface area contributed by atoms with Crippen molar-refractivity contribution in [3.8, 4) is 0 Å². The summed E-state index contributed by atoms with van der Waals surface area (Å²) in [5.74, 6) is -0.785. The highest BCUT2D eigenvalue weighted by molar-refractivity contribution is 5.75. The van der Waals surface area contributed by atoms with E-state index in [2.05, 4.69) is 0 Å². The second kappa shape index (κ2) is 4.37. The molecule has 6 heteroatoms. The highest BCUT2D eigenvalue weighted by Gasteiger charge is 2.33. The molecule has 0 aliphatic heterocycles. The van der Waals surface area contributed by atoms with Crippen molar-refractivity contribution in [3.63, 3.8) is 0 Å². The Morgan fingerprint density at radius 3 is 2.35 bits per heavy atom. The number of amides is 1. The lowest BCUT2D eigenvalue weighted by Crippen LogP contribution is -2.29. The van der Waals surface area contributed by atoms with Gasteiger partial charge in [-0.1, -0.05) is 12.1 Å². The van der Waals surface area contributed by atoms with Gasteiger partial charge in [-0.2, -0.15) is 13.2 Å². The number of aliphatic hydroxyl groups is 1. The van der Waals surface area contributed by atoms with E-state index in [1.54, 1.807) is 0 Å². The Hall–Kier alpha value is -1.56. The first-order valence-electron chi connectivity index (χ1n) is 4.81. The van der Waals surface area contributed by atoms with Crippen molar-refractivity contribution in [2.24, 2.45) is 5.73 Å². The molecular weight excluding hydrogens is 235 g/mol. The number of hydrogen-bond donors (Lipinski definition) is 2. The van der Waals surface area contributed by atoms with Gasteiger partial charge in [-0.3, -0.25) is 4.79 Å². The minimum absolute atomic E-state index is 0.00567. The Morgan fingerprint density at radius 1 is 1.35 bits per heavy atom. The minimum atomic E-state index is -4.49. The lowest BCUT2D eigenvalue weighted by atomic mass is 9.91. The third-order valence-electron chi connectivity index (χ3n) is 2.33. The molecule has 0 aliphatic rings. The standard InChI is InChI=1S/C11H12F3NO2/c1-10(17,6-9(15)16)7-3-2-4-8(5-7)11(12,13)14/h2-5,17H,6H2,1H3,(H2,15,16). The van der Waals surface area contributed by atoms with Crippen LogP contribution < -0.4 is 5.73 Å². The first-order valence-corrected chi connectivity index (χ1v) is 4.81. The lowest BCUT2D eigenvalue weighted by Gasteiger charge is -2.23. The molecule has 0 saturated carbocycles. The molecule has 0 heterocycles. The van der Waals surface area contributed by atoms with Crippen molar-refractivity contribution in [2.45, 2.75) is 25.1 Å². The molecule has 0 aliphatic carbocycles. The van der Waals surface area contributed by atoms with Gasteiger partial charge in [-0.05, 0) is 24.6 Å². The van der Waals surface area contributed by atoms with Gasteiger partial charge in [0.25, 0.3) is 0 Å². The molecule has 0 fully saturated rings. The molecule has 0 spiro atoms. The lowest BCUT2D eigenvalue weighted by molar-refractivity contribution is -0.137. The fraction of sp³-hybridized carbons (Fsp3) is 0.364. The van der Waals surface area contributed by atoms with E-state index in [0.717, 1.165) is 12.1 Å². The van der Waals surface area contributed by atoms with Gasteiger partial charge in [0.1, 0.15) is 0 Å². The highest BCUT2D eigenvalue weighted by Crippen LogP contribution is 2.32. The van der Waals surface area contributed by atoms with Crippen molar-refractivity contribution < 1.29 is 23.1 Å². The van der Waals surface area contributed by atoms with Crippen molar-refractivity contribution in [1.29, 1.82) is 0 Å². The zero-order chi connectivity index (χ0) is 13.3. The van der Waals surface area contributed by atoms with E-state index in [4.69, 9.17) is 5.73 Å². The van der Waals surface area contributed by atoms with Crippen molar-refractivity contribution in [3.05, 3.63) is 35.4 Å². The summed E-state index contributed by atoms with van der Waals surface area (Å²) in [5.41, 5.74) is 2.35. The Labute approximate surface area is 96.0 Å². The van der Waals surface area contributed by atoms with E-state index in [1.165, 1.54) is 19.1 Å². The van der Waals surface area contributed by atoms with Crippen LogP contribution in [0.25, 0.3) is 0 Å². The van der Waals surface area contributed by atoms with Gasteiger partial charge in [-0.25, -0.2) is 0 Å². The fourth-order valence-electron chi connectivity index (χ4n) is 1.47. The van der Waals surface area contributed by atoms with Gasteiger partial charge in [0.2, 0.25) is 5.91 Å². The number of nitrogens with two attached hydrogens (primary N) is 1. The Bertz CT molecular complexity index is 427. The number of carbonyl (C=O) groups excluding carboxylic acids is 1. The molecule has 0 radical (unpaired) electrons. The maximum absolute atomic E-state index is 12.4. The van der Waals surface area contributed by atoms with Crippen LogP contribution in [0, 0.1) is 0 Å². The predicted molar refractivity (Wildman–Crippen MR) is 54.8 cm³/mol. The van der Waals surface area contributed by atoms with Crippen molar-refractivity contribution >= 4 is 5.91 Å². The molecule has 1 rings (SSSR count). The topological polar surface area (TPSA) is 63.3 Å². The quantitative estimate of drug-likeness (QED) is 0.855. The molecule has 0 saturated heterocycles. The largest absolute Gasteiger partial charge is 0.416 e. The number of hydrogen-bond acceptors (Lipinski definition) is 2. The summed E-state index contributed by atoms with van der Waals surface area (Å²) in [5, 5.41) is 9.88. The molecule has 0 aromatic heterocycles. The first kappa shape index (κ1) is 13.5. The minimum Gasteiger partial charge on any atom is -0.385 e. The van der Waals surface area contributed by atoms with Gasteiger partial charge in [0.15, 0.2) is 0 Å². The molecule has 1 amide bonds. The van der Waals surface area contributed by atoms with Gasteiger partial charge < -0.3 is 10.8 Å². The van der Waals surface area contributed by atoms with Crippen LogP contribution in [0.1, 0.15) is 24.5 Å². The summed E-state index contributed by atoms with van der Waals surface area (Å²) in [7, 11) is 0. The van der Waals surface area contributed by atoms with E-state index in [9.17, 15) is 23.1 Å². The normalized spacial score (nSPS) is 15.4. The first-order chi connectivity index (χ1) is 7.63. The third kappa shape index (κ3) is 3.45. The Kier molecular flexibility index (Phi) is 3.47. The summed E-state index contributed by atoms with van der Waals surface area (Å²) in [6.07, 6.45) is -4.92. The van der Waals surface area contributed by atoms with E-state index in [-0.39, 0.29) is 5.56 Å².